The van der Waals surface area contributed by atoms with Crippen LogP contribution in [0.5, 0.6) is 0 Å². The van der Waals surface area contributed by atoms with Crippen LogP contribution in [0.25, 0.3) is 0 Å². The molecule has 0 bridgehead atoms. The van der Waals surface area contributed by atoms with Crippen LogP contribution >= 0.6 is 11.3 Å². The van der Waals surface area contributed by atoms with Gasteiger partial charge < -0.3 is 24.4 Å². The molecule has 1 aromatic heterocycles. The van der Waals surface area contributed by atoms with Crippen molar-refractivity contribution >= 4 is 11.3 Å². The molecule has 0 aromatic carbocycles. The molecule has 3 heterocycles. The predicted octanol–water partition coefficient (Wildman–Crippen LogP) is 6.69. The molecule has 0 radical (unpaired) electrons. The second-order valence-electron chi connectivity index (χ2n) is 15.3. The zero-order valence-corrected chi connectivity index (χ0v) is 26.8. The number of hydrogen-bond donors (Lipinski definition) is 1. The molecule has 0 spiro atoms. The van der Waals surface area contributed by atoms with Crippen molar-refractivity contribution in [2.24, 2.45) is 28.6 Å². The lowest BCUT2D eigenvalue weighted by atomic mass is 9.43. The smallest absolute Gasteiger partial charge is 0.102 e. The molecule has 1 aromatic rings. The molecule has 0 unspecified atom stereocenters. The number of rotatable bonds is 9. The standard InChI is InChI=1S/C35H56N2O3S/c1-32-12-9-29(39-22-20-36-16-3-4-17-36)25-27(32)7-8-31-30(32)10-13-33(2)34(31,38)14-15-35(33,28-11-24-41-26-28)40-23-21-37-18-5-6-19-37/h11,24,26-27,29-31,38H,3-10,12-23,25H2,1-2H3/t27-,29-,30-,31+,32-,33-,34-,35-/m0/s1. The maximum atomic E-state index is 13.0. The van der Waals surface area contributed by atoms with E-state index in [-0.39, 0.29) is 11.0 Å². The first-order valence-electron chi connectivity index (χ1n) is 17.3. The van der Waals surface area contributed by atoms with Crippen LogP contribution in [0.4, 0.5) is 0 Å². The number of aliphatic hydroxyl groups is 1. The molecule has 4 saturated carbocycles. The van der Waals surface area contributed by atoms with E-state index >= 15 is 0 Å². The average molecular weight is 585 g/mol. The Hall–Kier alpha value is -0.500. The van der Waals surface area contributed by atoms with Crippen LogP contribution in [0.15, 0.2) is 16.8 Å². The number of fused-ring (bicyclic) bond motifs is 5. The van der Waals surface area contributed by atoms with Gasteiger partial charge in [0.2, 0.25) is 0 Å². The van der Waals surface area contributed by atoms with E-state index in [9.17, 15) is 5.11 Å². The molecule has 4 aliphatic carbocycles. The van der Waals surface area contributed by atoms with Gasteiger partial charge in [0.25, 0.3) is 0 Å². The van der Waals surface area contributed by atoms with Gasteiger partial charge in [0, 0.05) is 18.5 Å². The second kappa shape index (κ2) is 11.5. The van der Waals surface area contributed by atoms with Crippen molar-refractivity contribution in [3.8, 4) is 0 Å². The summed E-state index contributed by atoms with van der Waals surface area (Å²) in [5.74, 6) is 1.74. The highest BCUT2D eigenvalue weighted by Crippen LogP contribution is 2.72. The molecule has 6 aliphatic rings. The van der Waals surface area contributed by atoms with Gasteiger partial charge in [-0.15, -0.1) is 0 Å². The van der Waals surface area contributed by atoms with E-state index in [1.165, 1.54) is 96.0 Å². The molecule has 41 heavy (non-hydrogen) atoms. The van der Waals surface area contributed by atoms with Gasteiger partial charge in [-0.2, -0.15) is 11.3 Å². The zero-order chi connectivity index (χ0) is 28.1. The minimum atomic E-state index is -0.650. The summed E-state index contributed by atoms with van der Waals surface area (Å²) < 4.78 is 13.6. The predicted molar refractivity (Wildman–Crippen MR) is 166 cm³/mol. The number of likely N-dealkylation sites (tertiary alicyclic amines) is 2. The number of ether oxygens (including phenoxy) is 2. The first-order valence-corrected chi connectivity index (χ1v) is 18.3. The van der Waals surface area contributed by atoms with Gasteiger partial charge in [0.1, 0.15) is 5.60 Å². The molecule has 7 rings (SSSR count). The van der Waals surface area contributed by atoms with Gasteiger partial charge in [0.05, 0.1) is 24.9 Å². The topological polar surface area (TPSA) is 45.2 Å². The maximum Gasteiger partial charge on any atom is 0.102 e. The lowest BCUT2D eigenvalue weighted by Crippen LogP contribution is -2.65. The Morgan fingerprint density at radius 2 is 1.59 bits per heavy atom. The molecule has 230 valence electrons. The van der Waals surface area contributed by atoms with Crippen LogP contribution in [0.1, 0.15) is 103 Å². The fourth-order valence-electron chi connectivity index (χ4n) is 11.3. The first-order chi connectivity index (χ1) is 19.9. The van der Waals surface area contributed by atoms with Gasteiger partial charge in [-0.3, -0.25) is 0 Å². The van der Waals surface area contributed by atoms with Crippen LogP contribution in [-0.4, -0.2) is 79.1 Å². The Morgan fingerprint density at radius 1 is 0.854 bits per heavy atom. The summed E-state index contributed by atoms with van der Waals surface area (Å²) in [7, 11) is 0. The quantitative estimate of drug-likeness (QED) is 0.350. The summed E-state index contributed by atoms with van der Waals surface area (Å²) in [4.78, 5) is 5.14. The highest BCUT2D eigenvalue weighted by molar-refractivity contribution is 7.08. The van der Waals surface area contributed by atoms with Crippen LogP contribution < -0.4 is 0 Å². The summed E-state index contributed by atoms with van der Waals surface area (Å²) in [6.07, 6.45) is 16.1. The Morgan fingerprint density at radius 3 is 2.29 bits per heavy atom. The highest BCUT2D eigenvalue weighted by Gasteiger charge is 2.73. The summed E-state index contributed by atoms with van der Waals surface area (Å²) in [5, 5.41) is 17.5. The summed E-state index contributed by atoms with van der Waals surface area (Å²) in [6.45, 7) is 13.8. The molecule has 1 N–H and O–H groups in total. The van der Waals surface area contributed by atoms with Gasteiger partial charge in [-0.25, -0.2) is 0 Å². The molecule has 8 atom stereocenters. The lowest BCUT2D eigenvalue weighted by Gasteiger charge is -2.64. The van der Waals surface area contributed by atoms with Crippen molar-refractivity contribution in [2.75, 3.05) is 52.5 Å². The van der Waals surface area contributed by atoms with E-state index in [4.69, 9.17) is 9.47 Å². The monoisotopic (exact) mass is 584 g/mol. The first kappa shape index (κ1) is 29.2. The molecule has 5 nitrogen and oxygen atoms in total. The highest BCUT2D eigenvalue weighted by atomic mass is 32.1. The third-order valence-electron chi connectivity index (χ3n) is 13.8. The minimum absolute atomic E-state index is 0.244. The molecular weight excluding hydrogens is 528 g/mol. The van der Waals surface area contributed by atoms with E-state index in [1.54, 1.807) is 11.3 Å². The summed E-state index contributed by atoms with van der Waals surface area (Å²) in [6, 6.07) is 2.30. The average Bonchev–Trinajstić information content (AvgIpc) is 3.79. The van der Waals surface area contributed by atoms with Crippen LogP contribution in [0.2, 0.25) is 0 Å². The van der Waals surface area contributed by atoms with E-state index in [1.807, 2.05) is 0 Å². The minimum Gasteiger partial charge on any atom is -0.389 e. The normalized spacial score (nSPS) is 45.0. The number of hydrogen-bond acceptors (Lipinski definition) is 6. The lowest BCUT2D eigenvalue weighted by molar-refractivity contribution is -0.249. The molecule has 2 aliphatic heterocycles. The third kappa shape index (κ3) is 4.81. The Bertz CT molecular complexity index is 1020. The van der Waals surface area contributed by atoms with E-state index in [0.29, 0.717) is 23.4 Å². The fraction of sp³-hybridized carbons (Fsp3) is 0.886. The fourth-order valence-corrected chi connectivity index (χ4v) is 12.0. The Kier molecular flexibility index (Phi) is 8.16. The molecular formula is C35H56N2O3S. The number of nitrogens with zero attached hydrogens (tertiary/aromatic N) is 2. The zero-order valence-electron chi connectivity index (χ0n) is 26.0. The van der Waals surface area contributed by atoms with Crippen molar-refractivity contribution < 1.29 is 14.6 Å². The van der Waals surface area contributed by atoms with Crippen LogP contribution in [0.3, 0.4) is 0 Å². The molecule has 6 fully saturated rings. The van der Waals surface area contributed by atoms with Crippen molar-refractivity contribution in [3.63, 3.8) is 0 Å². The van der Waals surface area contributed by atoms with Crippen molar-refractivity contribution in [1.29, 1.82) is 0 Å². The van der Waals surface area contributed by atoms with Crippen LogP contribution in [0, 0.1) is 28.6 Å². The van der Waals surface area contributed by atoms with Gasteiger partial charge >= 0.3 is 0 Å². The van der Waals surface area contributed by atoms with Crippen molar-refractivity contribution in [2.45, 2.75) is 115 Å². The second-order valence-corrected chi connectivity index (χ2v) is 16.1. The maximum absolute atomic E-state index is 13.0. The van der Waals surface area contributed by atoms with Gasteiger partial charge in [-0.1, -0.05) is 13.8 Å². The van der Waals surface area contributed by atoms with E-state index < -0.39 is 5.60 Å². The summed E-state index contributed by atoms with van der Waals surface area (Å²) in [5.41, 5.74) is 0.395. The molecule has 2 saturated heterocycles. The number of thiophene rings is 1. The SMILES string of the molecule is C[C@]12CC[C@H](OCCN3CCCC3)C[C@@H]1CC[C@@H]1[C@@H]2CC[C@]2(C)[C@@](OCCN3CCCC3)(c3ccsc3)CC[C@]12O. The Labute approximate surface area is 253 Å². The van der Waals surface area contributed by atoms with Gasteiger partial charge in [0.15, 0.2) is 0 Å². The van der Waals surface area contributed by atoms with Crippen LogP contribution in [-0.2, 0) is 15.1 Å². The van der Waals surface area contributed by atoms with Crippen molar-refractivity contribution in [3.05, 3.63) is 22.4 Å². The van der Waals surface area contributed by atoms with Crippen molar-refractivity contribution in [1.82, 2.24) is 9.80 Å². The van der Waals surface area contributed by atoms with Gasteiger partial charge in [-0.05, 0) is 155 Å². The molecule has 6 heteroatoms. The Balaban J connectivity index is 1.06. The van der Waals surface area contributed by atoms with E-state index in [2.05, 4.69) is 40.5 Å². The summed E-state index contributed by atoms with van der Waals surface area (Å²) >= 11 is 1.78. The largest absolute Gasteiger partial charge is 0.389 e. The third-order valence-corrected chi connectivity index (χ3v) is 14.5. The van der Waals surface area contributed by atoms with E-state index in [0.717, 1.165) is 51.5 Å². The molecule has 0 amide bonds.